The molecule has 2 aromatic heterocycles. The number of hydrogen-bond donors (Lipinski definition) is 2. The van der Waals surface area contributed by atoms with Gasteiger partial charge in [-0.1, -0.05) is 32.9 Å². The van der Waals surface area contributed by atoms with E-state index in [1.165, 1.54) is 35.9 Å². The maximum atomic E-state index is 15.7. The fraction of sp³-hybridized carbons (Fsp3) is 0.174. The van der Waals surface area contributed by atoms with Crippen molar-refractivity contribution in [2.75, 3.05) is 10.5 Å². The van der Waals surface area contributed by atoms with Crippen LogP contribution in [-0.2, 0) is 15.4 Å². The van der Waals surface area contributed by atoms with E-state index in [9.17, 15) is 17.2 Å². The minimum Gasteiger partial charge on any atom is -0.382 e. The van der Waals surface area contributed by atoms with Gasteiger partial charge in [0.1, 0.15) is 23.1 Å². The quantitative estimate of drug-likeness (QED) is 0.367. The predicted octanol–water partition coefficient (Wildman–Crippen LogP) is 5.36. The molecule has 2 aromatic carbocycles. The van der Waals surface area contributed by atoms with Crippen LogP contribution in [0, 0.1) is 17.5 Å². The monoisotopic (exact) mass is 519 g/mol. The molecule has 0 spiro atoms. The number of nitrogens with one attached hydrogen (secondary N) is 1. The van der Waals surface area contributed by atoms with Crippen molar-refractivity contribution in [1.82, 2.24) is 15.0 Å². The molecule has 3 N–H and O–H groups in total. The molecular formula is C23H20F3N5O2S2. The molecule has 2 heterocycles. The summed E-state index contributed by atoms with van der Waals surface area (Å²) in [6.45, 7) is 5.82. The Hall–Kier alpha value is -3.51. The number of hydrogen-bond acceptors (Lipinski definition) is 7. The molecule has 0 radical (unpaired) electrons. The Bertz CT molecular complexity index is 1510. The van der Waals surface area contributed by atoms with Crippen LogP contribution >= 0.6 is 11.3 Å². The van der Waals surface area contributed by atoms with Gasteiger partial charge >= 0.3 is 0 Å². The second-order valence-electron chi connectivity index (χ2n) is 8.60. The summed E-state index contributed by atoms with van der Waals surface area (Å²) in [6.07, 6.45) is 2.83. The molecule has 0 aliphatic heterocycles. The van der Waals surface area contributed by atoms with E-state index in [0.29, 0.717) is 15.6 Å². The summed E-state index contributed by atoms with van der Waals surface area (Å²) in [6, 6.07) is 6.59. The Balaban J connectivity index is 1.85. The topological polar surface area (TPSA) is 111 Å². The Morgan fingerprint density at radius 1 is 0.971 bits per heavy atom. The standard InChI is InChI=1S/C23H20F3N5O2S2/c1-23(2,3)22-30-19(20(34-22)16-10-28-11-17(27)29-16)12-6-4-9-15(18(12)26)31-35(32,33)21-13(24)7-5-8-14(21)25/h4-11,31H,1-3H3,(H2,27,29). The number of sulfonamides is 1. The Kier molecular flexibility index (Phi) is 6.28. The fourth-order valence-corrected chi connectivity index (χ4v) is 5.51. The van der Waals surface area contributed by atoms with Crippen molar-refractivity contribution in [2.24, 2.45) is 0 Å². The maximum Gasteiger partial charge on any atom is 0.267 e. The molecule has 35 heavy (non-hydrogen) atoms. The average Bonchev–Trinajstić information content (AvgIpc) is 3.21. The van der Waals surface area contributed by atoms with Crippen LogP contribution in [0.2, 0.25) is 0 Å². The lowest BCUT2D eigenvalue weighted by atomic mass is 9.98. The highest BCUT2D eigenvalue weighted by molar-refractivity contribution is 7.92. The first kappa shape index (κ1) is 24.6. The van der Waals surface area contributed by atoms with Crippen LogP contribution in [0.4, 0.5) is 24.7 Å². The molecule has 0 fully saturated rings. The SMILES string of the molecule is CC(C)(C)c1nc(-c2cccc(NS(=O)(=O)c3c(F)cccc3F)c2F)c(-c2cncc(N)n2)s1. The van der Waals surface area contributed by atoms with Crippen LogP contribution in [0.5, 0.6) is 0 Å². The van der Waals surface area contributed by atoms with E-state index < -0.39 is 38.1 Å². The lowest BCUT2D eigenvalue weighted by molar-refractivity contribution is 0.521. The minimum absolute atomic E-state index is 0.0369. The van der Waals surface area contributed by atoms with E-state index in [1.807, 2.05) is 25.5 Å². The Labute approximate surface area is 204 Å². The lowest BCUT2D eigenvalue weighted by Gasteiger charge is -2.14. The third-order valence-electron chi connectivity index (χ3n) is 4.84. The van der Waals surface area contributed by atoms with Gasteiger partial charge in [0.2, 0.25) is 0 Å². The summed E-state index contributed by atoms with van der Waals surface area (Å²) in [7, 11) is -4.78. The third kappa shape index (κ3) is 4.84. The number of rotatable bonds is 5. The normalized spacial score (nSPS) is 12.1. The molecule has 0 unspecified atom stereocenters. The summed E-state index contributed by atoms with van der Waals surface area (Å²) < 4.78 is 71.2. The minimum atomic E-state index is -4.78. The van der Waals surface area contributed by atoms with Gasteiger partial charge in [-0.25, -0.2) is 31.6 Å². The van der Waals surface area contributed by atoms with Gasteiger partial charge in [-0.15, -0.1) is 11.3 Å². The molecule has 0 aliphatic rings. The highest BCUT2D eigenvalue weighted by atomic mass is 32.2. The Morgan fingerprint density at radius 3 is 2.26 bits per heavy atom. The van der Waals surface area contributed by atoms with Gasteiger partial charge < -0.3 is 5.73 Å². The second-order valence-corrected chi connectivity index (χ2v) is 11.2. The van der Waals surface area contributed by atoms with Crippen molar-refractivity contribution in [3.05, 3.63) is 71.3 Å². The molecule has 7 nitrogen and oxygen atoms in total. The molecule has 182 valence electrons. The zero-order valence-corrected chi connectivity index (χ0v) is 20.4. The summed E-state index contributed by atoms with van der Waals surface area (Å²) >= 11 is 1.28. The lowest BCUT2D eigenvalue weighted by Crippen LogP contribution is -2.17. The largest absolute Gasteiger partial charge is 0.382 e. The van der Waals surface area contributed by atoms with E-state index >= 15 is 4.39 Å². The molecule has 4 aromatic rings. The van der Waals surface area contributed by atoms with Crippen molar-refractivity contribution >= 4 is 32.9 Å². The second kappa shape index (κ2) is 8.93. The van der Waals surface area contributed by atoms with Crippen LogP contribution in [0.1, 0.15) is 25.8 Å². The molecule has 0 saturated heterocycles. The van der Waals surface area contributed by atoms with Gasteiger partial charge in [0.25, 0.3) is 10.0 Å². The highest BCUT2D eigenvalue weighted by Crippen LogP contribution is 2.42. The van der Waals surface area contributed by atoms with Gasteiger partial charge in [-0.05, 0) is 24.3 Å². The number of thiazole rings is 1. The van der Waals surface area contributed by atoms with E-state index in [2.05, 4.69) is 15.0 Å². The van der Waals surface area contributed by atoms with Gasteiger partial charge in [0.05, 0.1) is 33.7 Å². The van der Waals surface area contributed by atoms with E-state index in [0.717, 1.165) is 24.3 Å². The van der Waals surface area contributed by atoms with Crippen molar-refractivity contribution in [3.8, 4) is 21.8 Å². The fourth-order valence-electron chi connectivity index (χ4n) is 3.22. The van der Waals surface area contributed by atoms with Crippen LogP contribution in [0.25, 0.3) is 21.8 Å². The first-order chi connectivity index (χ1) is 16.4. The predicted molar refractivity (Wildman–Crippen MR) is 129 cm³/mol. The Morgan fingerprint density at radius 2 is 1.63 bits per heavy atom. The number of halogens is 3. The molecular weight excluding hydrogens is 499 g/mol. The number of benzene rings is 2. The van der Waals surface area contributed by atoms with Crippen LogP contribution in [0.15, 0.2) is 53.7 Å². The summed E-state index contributed by atoms with van der Waals surface area (Å²) in [5, 5.41) is 0.672. The van der Waals surface area contributed by atoms with Gasteiger partial charge in [-0.3, -0.25) is 9.71 Å². The highest BCUT2D eigenvalue weighted by Gasteiger charge is 2.28. The van der Waals surface area contributed by atoms with Crippen molar-refractivity contribution < 1.29 is 21.6 Å². The molecule has 4 rings (SSSR count). The number of anilines is 2. The first-order valence-corrected chi connectivity index (χ1v) is 12.5. The first-order valence-electron chi connectivity index (χ1n) is 10.2. The van der Waals surface area contributed by atoms with Crippen LogP contribution in [0.3, 0.4) is 0 Å². The smallest absolute Gasteiger partial charge is 0.267 e. The molecule has 0 amide bonds. The molecule has 0 aliphatic carbocycles. The van der Waals surface area contributed by atoms with Gasteiger partial charge in [0.15, 0.2) is 10.7 Å². The van der Waals surface area contributed by atoms with Crippen molar-refractivity contribution in [3.63, 3.8) is 0 Å². The van der Waals surface area contributed by atoms with E-state index in [-0.39, 0.29) is 22.5 Å². The molecule has 0 atom stereocenters. The molecule has 0 saturated carbocycles. The van der Waals surface area contributed by atoms with E-state index in [4.69, 9.17) is 5.73 Å². The summed E-state index contributed by atoms with van der Waals surface area (Å²) in [4.78, 5) is 12.2. The maximum absolute atomic E-state index is 15.7. The zero-order chi connectivity index (χ0) is 25.5. The zero-order valence-electron chi connectivity index (χ0n) is 18.8. The van der Waals surface area contributed by atoms with Crippen molar-refractivity contribution in [2.45, 2.75) is 31.1 Å². The molecule has 12 heteroatoms. The van der Waals surface area contributed by atoms with Gasteiger partial charge in [-0.2, -0.15) is 0 Å². The summed E-state index contributed by atoms with van der Waals surface area (Å²) in [5.74, 6) is -3.42. The van der Waals surface area contributed by atoms with Gasteiger partial charge in [0, 0.05) is 11.0 Å². The van der Waals surface area contributed by atoms with Crippen LogP contribution in [-0.4, -0.2) is 23.4 Å². The van der Waals surface area contributed by atoms with E-state index in [1.54, 1.807) is 0 Å². The van der Waals surface area contributed by atoms with Crippen molar-refractivity contribution in [1.29, 1.82) is 0 Å². The van der Waals surface area contributed by atoms with Crippen LogP contribution < -0.4 is 10.5 Å². The average molecular weight is 520 g/mol. The number of nitrogens with zero attached hydrogens (tertiary/aromatic N) is 3. The number of nitrogens with two attached hydrogens (primary N) is 1. The molecule has 0 bridgehead atoms. The third-order valence-corrected chi connectivity index (χ3v) is 7.76. The number of aromatic nitrogens is 3. The number of nitrogen functional groups attached to an aromatic ring is 1. The summed E-state index contributed by atoms with van der Waals surface area (Å²) in [5.41, 5.74) is 5.43.